The van der Waals surface area contributed by atoms with E-state index in [1.54, 1.807) is 19.1 Å². The van der Waals surface area contributed by atoms with Crippen molar-refractivity contribution in [2.45, 2.75) is 39.2 Å². The van der Waals surface area contributed by atoms with Crippen molar-refractivity contribution in [1.82, 2.24) is 4.90 Å². The van der Waals surface area contributed by atoms with Crippen molar-refractivity contribution in [2.75, 3.05) is 24.5 Å². The number of nitrogens with zero attached hydrogens (tertiary/aromatic N) is 2. The lowest BCUT2D eigenvalue weighted by molar-refractivity contribution is -0.139. The van der Waals surface area contributed by atoms with Gasteiger partial charge < -0.3 is 15.5 Å². The molecule has 2 saturated heterocycles. The number of rotatable bonds is 3. The standard InChI is InChI=1S/C19H26FN3O2/c1-12-3-4-17(16(20)8-12)23-11-14(9-18(23)24)19(25)22-6-5-13(2)7-15(22)10-21/h3-4,8,13-15H,5-7,9-11,21H2,1-2H3. The van der Waals surface area contributed by atoms with Gasteiger partial charge in [0.05, 0.1) is 11.6 Å². The number of amides is 2. The van der Waals surface area contributed by atoms with Crippen LogP contribution in [0.3, 0.4) is 0 Å². The van der Waals surface area contributed by atoms with E-state index in [0.29, 0.717) is 19.0 Å². The fourth-order valence-corrected chi connectivity index (χ4v) is 3.94. The summed E-state index contributed by atoms with van der Waals surface area (Å²) in [6, 6.07) is 4.84. The van der Waals surface area contributed by atoms with Gasteiger partial charge in [0.15, 0.2) is 0 Å². The predicted octanol–water partition coefficient (Wildman–Crippen LogP) is 2.07. The smallest absolute Gasteiger partial charge is 0.228 e. The average molecular weight is 347 g/mol. The number of aryl methyl sites for hydroxylation is 1. The predicted molar refractivity (Wildman–Crippen MR) is 94.6 cm³/mol. The zero-order valence-corrected chi connectivity index (χ0v) is 14.9. The summed E-state index contributed by atoms with van der Waals surface area (Å²) < 4.78 is 14.2. The summed E-state index contributed by atoms with van der Waals surface area (Å²) in [4.78, 5) is 28.6. The third kappa shape index (κ3) is 3.54. The normalized spacial score (nSPS) is 27.0. The summed E-state index contributed by atoms with van der Waals surface area (Å²) in [5.74, 6) is -0.508. The maximum absolute atomic E-state index is 14.2. The molecule has 3 atom stereocenters. The molecule has 6 heteroatoms. The molecule has 25 heavy (non-hydrogen) atoms. The van der Waals surface area contributed by atoms with Crippen LogP contribution in [0.15, 0.2) is 18.2 Å². The fourth-order valence-electron chi connectivity index (χ4n) is 3.94. The van der Waals surface area contributed by atoms with Crippen LogP contribution in [0.25, 0.3) is 0 Å². The Labute approximate surface area is 148 Å². The van der Waals surface area contributed by atoms with Crippen LogP contribution >= 0.6 is 0 Å². The zero-order valence-electron chi connectivity index (χ0n) is 14.9. The lowest BCUT2D eigenvalue weighted by Gasteiger charge is -2.39. The van der Waals surface area contributed by atoms with Crippen LogP contribution in [0.5, 0.6) is 0 Å². The van der Waals surface area contributed by atoms with Gasteiger partial charge in [-0.2, -0.15) is 0 Å². The topological polar surface area (TPSA) is 66.6 Å². The number of hydrogen-bond donors (Lipinski definition) is 1. The maximum Gasteiger partial charge on any atom is 0.228 e. The molecule has 0 saturated carbocycles. The Morgan fingerprint density at radius 3 is 2.84 bits per heavy atom. The van der Waals surface area contributed by atoms with Crippen LogP contribution in [-0.2, 0) is 9.59 Å². The highest BCUT2D eigenvalue weighted by Crippen LogP contribution is 2.31. The van der Waals surface area contributed by atoms with E-state index in [2.05, 4.69) is 6.92 Å². The Kier molecular flexibility index (Phi) is 5.08. The highest BCUT2D eigenvalue weighted by molar-refractivity contribution is 6.00. The van der Waals surface area contributed by atoms with Gasteiger partial charge in [-0.1, -0.05) is 13.0 Å². The van der Waals surface area contributed by atoms with E-state index in [-0.39, 0.29) is 36.5 Å². The van der Waals surface area contributed by atoms with Gasteiger partial charge in [0.1, 0.15) is 5.82 Å². The van der Waals surface area contributed by atoms with Gasteiger partial charge in [0.2, 0.25) is 11.8 Å². The molecule has 0 aliphatic carbocycles. The number of piperidine rings is 1. The number of nitrogens with two attached hydrogens (primary N) is 1. The zero-order chi connectivity index (χ0) is 18.1. The van der Waals surface area contributed by atoms with Gasteiger partial charge in [-0.05, 0) is 43.4 Å². The second-order valence-electron chi connectivity index (χ2n) is 7.41. The molecule has 2 aliphatic rings. The Morgan fingerprint density at radius 1 is 1.40 bits per heavy atom. The molecule has 5 nitrogen and oxygen atoms in total. The fraction of sp³-hybridized carbons (Fsp3) is 0.579. The molecule has 0 aromatic heterocycles. The summed E-state index contributed by atoms with van der Waals surface area (Å²) in [5, 5.41) is 0. The first-order valence-corrected chi connectivity index (χ1v) is 8.97. The Morgan fingerprint density at radius 2 is 2.16 bits per heavy atom. The molecule has 3 unspecified atom stereocenters. The number of halogens is 1. The first kappa shape index (κ1) is 17.9. The van der Waals surface area contributed by atoms with Crippen LogP contribution in [0.4, 0.5) is 10.1 Å². The van der Waals surface area contributed by atoms with Crippen molar-refractivity contribution in [3.8, 4) is 0 Å². The molecule has 2 amide bonds. The third-order valence-corrected chi connectivity index (χ3v) is 5.40. The molecule has 1 aromatic carbocycles. The highest BCUT2D eigenvalue weighted by Gasteiger charge is 2.40. The van der Waals surface area contributed by atoms with Gasteiger partial charge in [-0.25, -0.2) is 4.39 Å². The average Bonchev–Trinajstić information content (AvgIpc) is 2.95. The van der Waals surface area contributed by atoms with Crippen molar-refractivity contribution >= 4 is 17.5 Å². The van der Waals surface area contributed by atoms with E-state index in [1.807, 2.05) is 4.90 Å². The van der Waals surface area contributed by atoms with Crippen molar-refractivity contribution in [2.24, 2.45) is 17.6 Å². The molecule has 2 aliphatic heterocycles. The molecular formula is C19H26FN3O2. The molecule has 3 rings (SSSR count). The minimum atomic E-state index is -0.423. The van der Waals surface area contributed by atoms with Crippen LogP contribution in [-0.4, -0.2) is 42.4 Å². The summed E-state index contributed by atoms with van der Waals surface area (Å²) in [5.41, 5.74) is 6.91. The quantitative estimate of drug-likeness (QED) is 0.910. The number of carbonyl (C=O) groups excluding carboxylic acids is 2. The van der Waals surface area contributed by atoms with Crippen molar-refractivity contribution < 1.29 is 14.0 Å². The molecule has 2 heterocycles. The van der Waals surface area contributed by atoms with Crippen LogP contribution in [0, 0.1) is 24.6 Å². The summed E-state index contributed by atoms with van der Waals surface area (Å²) in [7, 11) is 0. The van der Waals surface area contributed by atoms with E-state index in [9.17, 15) is 14.0 Å². The van der Waals surface area contributed by atoms with Gasteiger partial charge in [-0.3, -0.25) is 9.59 Å². The first-order chi connectivity index (χ1) is 11.9. The maximum atomic E-state index is 14.2. The van der Waals surface area contributed by atoms with E-state index in [4.69, 9.17) is 5.73 Å². The summed E-state index contributed by atoms with van der Waals surface area (Å²) in [6.07, 6.45) is 1.99. The minimum Gasteiger partial charge on any atom is -0.338 e. The van der Waals surface area contributed by atoms with Crippen molar-refractivity contribution in [3.63, 3.8) is 0 Å². The molecule has 136 valence electrons. The number of hydrogen-bond acceptors (Lipinski definition) is 3. The summed E-state index contributed by atoms with van der Waals surface area (Å²) >= 11 is 0. The van der Waals surface area contributed by atoms with Crippen LogP contribution < -0.4 is 10.6 Å². The lowest BCUT2D eigenvalue weighted by Crippen LogP contribution is -2.51. The highest BCUT2D eigenvalue weighted by atomic mass is 19.1. The molecule has 0 spiro atoms. The minimum absolute atomic E-state index is 0.0225. The van der Waals surface area contributed by atoms with Crippen LogP contribution in [0.1, 0.15) is 31.7 Å². The Bertz CT molecular complexity index is 679. The molecule has 1 aromatic rings. The SMILES string of the molecule is Cc1ccc(N2CC(C(=O)N3CCC(C)CC3CN)CC2=O)c(F)c1. The van der Waals surface area contributed by atoms with E-state index < -0.39 is 11.7 Å². The largest absolute Gasteiger partial charge is 0.338 e. The molecular weight excluding hydrogens is 321 g/mol. The third-order valence-electron chi connectivity index (χ3n) is 5.40. The lowest BCUT2D eigenvalue weighted by atomic mass is 9.91. The van der Waals surface area contributed by atoms with Crippen molar-refractivity contribution in [3.05, 3.63) is 29.6 Å². The van der Waals surface area contributed by atoms with E-state index >= 15 is 0 Å². The summed E-state index contributed by atoms with van der Waals surface area (Å²) in [6.45, 7) is 5.33. The number of benzene rings is 1. The van der Waals surface area contributed by atoms with Crippen molar-refractivity contribution in [1.29, 1.82) is 0 Å². The molecule has 2 fully saturated rings. The number of carbonyl (C=O) groups is 2. The molecule has 0 radical (unpaired) electrons. The second kappa shape index (κ2) is 7.12. The molecule has 2 N–H and O–H groups in total. The van der Waals surface area contributed by atoms with Crippen LogP contribution in [0.2, 0.25) is 0 Å². The van der Waals surface area contributed by atoms with E-state index in [1.165, 1.54) is 11.0 Å². The number of likely N-dealkylation sites (tertiary alicyclic amines) is 1. The van der Waals surface area contributed by atoms with Gasteiger partial charge in [0.25, 0.3) is 0 Å². The molecule has 0 bridgehead atoms. The van der Waals surface area contributed by atoms with Gasteiger partial charge in [0, 0.05) is 32.1 Å². The Hall–Kier alpha value is -1.95. The first-order valence-electron chi connectivity index (χ1n) is 8.97. The second-order valence-corrected chi connectivity index (χ2v) is 7.41. The number of anilines is 1. The van der Waals surface area contributed by atoms with Gasteiger partial charge in [-0.15, -0.1) is 0 Å². The Balaban J connectivity index is 1.74. The van der Waals surface area contributed by atoms with E-state index in [0.717, 1.165) is 18.4 Å². The monoisotopic (exact) mass is 347 g/mol. The van der Waals surface area contributed by atoms with Gasteiger partial charge >= 0.3 is 0 Å².